The average molecular weight is 276 g/mol. The molecule has 0 N–H and O–H groups in total. The van der Waals surface area contributed by atoms with E-state index in [1.54, 1.807) is 0 Å². The van der Waals surface area contributed by atoms with E-state index in [1.807, 2.05) is 30.3 Å². The molecule has 0 unspecified atom stereocenters. The normalized spacial score (nSPS) is 10.4. The number of ketones is 1. The number of para-hydroxylation sites is 1. The molecule has 0 saturated carbocycles. The van der Waals surface area contributed by atoms with E-state index >= 15 is 0 Å². The van der Waals surface area contributed by atoms with Crippen LogP contribution in [-0.4, -0.2) is 12.4 Å². The number of carbonyl (C=O) groups is 1. The first-order valence-corrected chi connectivity index (χ1v) is 8.02. The standard InChI is InChI=1S/C18H28O2/c1-2-3-4-5-6-7-8-10-13-17(19)16-20-18-14-11-9-12-15-18/h9,11-12,14-15H,2-8,10,13,16H2,1H3. The van der Waals surface area contributed by atoms with Gasteiger partial charge in [0.2, 0.25) is 0 Å². The number of carbonyl (C=O) groups excluding carboxylic acids is 1. The second kappa shape index (κ2) is 11.5. The van der Waals surface area contributed by atoms with Gasteiger partial charge in [-0.2, -0.15) is 0 Å². The van der Waals surface area contributed by atoms with Crippen LogP contribution in [0.5, 0.6) is 5.75 Å². The number of hydrogen-bond donors (Lipinski definition) is 0. The number of Topliss-reactive ketones (excluding diaryl/α,β-unsaturated/α-hetero) is 1. The van der Waals surface area contributed by atoms with Gasteiger partial charge >= 0.3 is 0 Å². The molecule has 1 rings (SSSR count). The molecular weight excluding hydrogens is 248 g/mol. The molecule has 2 heteroatoms. The van der Waals surface area contributed by atoms with Crippen LogP contribution in [0.25, 0.3) is 0 Å². The van der Waals surface area contributed by atoms with Crippen LogP contribution < -0.4 is 4.74 Å². The summed E-state index contributed by atoms with van der Waals surface area (Å²) in [6.45, 7) is 2.45. The topological polar surface area (TPSA) is 26.3 Å². The van der Waals surface area contributed by atoms with Crippen molar-refractivity contribution in [2.75, 3.05) is 6.61 Å². The Labute approximate surface area is 123 Å². The highest BCUT2D eigenvalue weighted by atomic mass is 16.5. The van der Waals surface area contributed by atoms with E-state index in [9.17, 15) is 4.79 Å². The van der Waals surface area contributed by atoms with Crippen molar-refractivity contribution < 1.29 is 9.53 Å². The van der Waals surface area contributed by atoms with E-state index in [4.69, 9.17) is 4.74 Å². The fourth-order valence-electron chi connectivity index (χ4n) is 2.21. The molecule has 1 aromatic carbocycles. The molecule has 0 fully saturated rings. The van der Waals surface area contributed by atoms with Gasteiger partial charge in [-0.25, -0.2) is 0 Å². The molecule has 0 aliphatic rings. The van der Waals surface area contributed by atoms with E-state index in [0.29, 0.717) is 6.42 Å². The Morgan fingerprint density at radius 3 is 2.15 bits per heavy atom. The molecule has 0 heterocycles. The van der Waals surface area contributed by atoms with Crippen molar-refractivity contribution in [1.29, 1.82) is 0 Å². The van der Waals surface area contributed by atoms with Crippen molar-refractivity contribution in [3.05, 3.63) is 30.3 Å². The van der Waals surface area contributed by atoms with Crippen LogP contribution in [0, 0.1) is 0 Å². The second-order valence-electron chi connectivity index (χ2n) is 5.37. The van der Waals surface area contributed by atoms with Crippen LogP contribution in [0.2, 0.25) is 0 Å². The molecule has 0 aliphatic heterocycles. The van der Waals surface area contributed by atoms with Gasteiger partial charge in [-0.05, 0) is 18.6 Å². The summed E-state index contributed by atoms with van der Waals surface area (Å²) in [5, 5.41) is 0. The Morgan fingerprint density at radius 1 is 0.900 bits per heavy atom. The summed E-state index contributed by atoms with van der Waals surface area (Å²) < 4.78 is 5.44. The fraction of sp³-hybridized carbons (Fsp3) is 0.611. The van der Waals surface area contributed by atoms with Gasteiger partial charge < -0.3 is 4.74 Å². The molecule has 0 radical (unpaired) electrons. The first kappa shape index (κ1) is 16.7. The maximum Gasteiger partial charge on any atom is 0.170 e. The van der Waals surface area contributed by atoms with Crippen molar-refractivity contribution in [3.63, 3.8) is 0 Å². The third kappa shape index (κ3) is 8.73. The zero-order valence-electron chi connectivity index (χ0n) is 12.8. The molecule has 1 aromatic rings. The summed E-state index contributed by atoms with van der Waals surface area (Å²) >= 11 is 0. The number of hydrogen-bond acceptors (Lipinski definition) is 2. The van der Waals surface area contributed by atoms with Crippen LogP contribution in [0.3, 0.4) is 0 Å². The summed E-state index contributed by atoms with van der Waals surface area (Å²) in [7, 11) is 0. The van der Waals surface area contributed by atoms with Gasteiger partial charge in [0.25, 0.3) is 0 Å². The third-order valence-corrected chi connectivity index (χ3v) is 3.45. The van der Waals surface area contributed by atoms with E-state index in [1.165, 1.54) is 44.9 Å². The van der Waals surface area contributed by atoms with E-state index in [0.717, 1.165) is 12.2 Å². The van der Waals surface area contributed by atoms with Crippen LogP contribution >= 0.6 is 0 Å². The van der Waals surface area contributed by atoms with Gasteiger partial charge in [0.05, 0.1) is 0 Å². The highest BCUT2D eigenvalue weighted by molar-refractivity contribution is 5.79. The summed E-state index contributed by atoms with van der Waals surface area (Å²) in [6, 6.07) is 9.53. The van der Waals surface area contributed by atoms with Crippen LogP contribution in [0.15, 0.2) is 30.3 Å². The Balaban J connectivity index is 1.93. The van der Waals surface area contributed by atoms with Crippen molar-refractivity contribution in [3.8, 4) is 5.75 Å². The zero-order valence-corrected chi connectivity index (χ0v) is 12.8. The van der Waals surface area contributed by atoms with E-state index in [2.05, 4.69) is 6.92 Å². The summed E-state index contributed by atoms with van der Waals surface area (Å²) in [5.41, 5.74) is 0. The maximum atomic E-state index is 11.7. The highest BCUT2D eigenvalue weighted by Gasteiger charge is 2.03. The minimum absolute atomic E-state index is 0.208. The number of unbranched alkanes of at least 4 members (excludes halogenated alkanes) is 7. The SMILES string of the molecule is CCCCCCCCCCC(=O)COc1ccccc1. The Hall–Kier alpha value is -1.31. The maximum absolute atomic E-state index is 11.7. The van der Waals surface area contributed by atoms with Crippen molar-refractivity contribution in [2.24, 2.45) is 0 Å². The molecule has 0 aliphatic carbocycles. The minimum Gasteiger partial charge on any atom is -0.486 e. The molecular formula is C18H28O2. The van der Waals surface area contributed by atoms with Crippen LogP contribution in [0.4, 0.5) is 0 Å². The average Bonchev–Trinajstić information content (AvgIpc) is 2.49. The van der Waals surface area contributed by atoms with Gasteiger partial charge in [0, 0.05) is 6.42 Å². The predicted octanol–water partition coefficient (Wildman–Crippen LogP) is 5.17. The molecule has 20 heavy (non-hydrogen) atoms. The van der Waals surface area contributed by atoms with Crippen molar-refractivity contribution in [1.82, 2.24) is 0 Å². The van der Waals surface area contributed by atoms with Crippen LogP contribution in [-0.2, 0) is 4.79 Å². The molecule has 112 valence electrons. The number of rotatable bonds is 12. The molecule has 0 saturated heterocycles. The Morgan fingerprint density at radius 2 is 1.50 bits per heavy atom. The van der Waals surface area contributed by atoms with E-state index in [-0.39, 0.29) is 12.4 Å². The van der Waals surface area contributed by atoms with Gasteiger partial charge in [-0.15, -0.1) is 0 Å². The van der Waals surface area contributed by atoms with Crippen molar-refractivity contribution in [2.45, 2.75) is 64.7 Å². The molecule has 0 amide bonds. The van der Waals surface area contributed by atoms with Crippen molar-refractivity contribution >= 4 is 5.78 Å². The Kier molecular flexibility index (Phi) is 9.64. The largest absolute Gasteiger partial charge is 0.486 e. The lowest BCUT2D eigenvalue weighted by Gasteiger charge is -2.05. The predicted molar refractivity (Wildman–Crippen MR) is 84.2 cm³/mol. The molecule has 0 bridgehead atoms. The molecule has 0 spiro atoms. The van der Waals surface area contributed by atoms with Crippen LogP contribution in [0.1, 0.15) is 64.7 Å². The molecule has 2 nitrogen and oxygen atoms in total. The number of benzene rings is 1. The lowest BCUT2D eigenvalue weighted by atomic mass is 10.1. The van der Waals surface area contributed by atoms with Gasteiger partial charge in [0.15, 0.2) is 5.78 Å². The fourth-order valence-corrected chi connectivity index (χ4v) is 2.21. The first-order chi connectivity index (χ1) is 9.83. The summed E-state index contributed by atoms with van der Waals surface area (Å²) in [6.07, 6.45) is 10.8. The molecule has 0 atom stereocenters. The lowest BCUT2D eigenvalue weighted by Crippen LogP contribution is -2.10. The Bertz CT molecular complexity index is 346. The highest BCUT2D eigenvalue weighted by Crippen LogP contribution is 2.11. The zero-order chi connectivity index (χ0) is 14.5. The smallest absolute Gasteiger partial charge is 0.170 e. The second-order valence-corrected chi connectivity index (χ2v) is 5.37. The summed E-state index contributed by atoms with van der Waals surface area (Å²) in [4.78, 5) is 11.7. The van der Waals surface area contributed by atoms with Gasteiger partial charge in [-0.3, -0.25) is 4.79 Å². The number of ether oxygens (including phenoxy) is 1. The summed E-state index contributed by atoms with van der Waals surface area (Å²) in [5.74, 6) is 0.983. The lowest BCUT2D eigenvalue weighted by molar-refractivity contribution is -0.121. The third-order valence-electron chi connectivity index (χ3n) is 3.45. The van der Waals surface area contributed by atoms with Gasteiger partial charge in [-0.1, -0.05) is 70.1 Å². The molecule has 0 aromatic heterocycles. The quantitative estimate of drug-likeness (QED) is 0.493. The minimum atomic E-state index is 0.208. The first-order valence-electron chi connectivity index (χ1n) is 8.02. The van der Waals surface area contributed by atoms with Gasteiger partial charge in [0.1, 0.15) is 12.4 Å². The van der Waals surface area contributed by atoms with E-state index < -0.39 is 0 Å². The monoisotopic (exact) mass is 276 g/mol.